The molecule has 1 aromatic heterocycles. The zero-order valence-electron chi connectivity index (χ0n) is 9.60. The fourth-order valence-corrected chi connectivity index (χ4v) is 1.67. The second-order valence-corrected chi connectivity index (χ2v) is 3.96. The van der Waals surface area contributed by atoms with Crippen molar-refractivity contribution < 1.29 is 14.4 Å². The number of carbonyl (C=O) groups excluding carboxylic acids is 3. The molecular weight excluding hydrogens is 238 g/mol. The van der Waals surface area contributed by atoms with E-state index in [4.69, 9.17) is 0 Å². The Morgan fingerprint density at radius 3 is 2.67 bits per heavy atom. The minimum atomic E-state index is -0.720. The summed E-state index contributed by atoms with van der Waals surface area (Å²) in [6, 6.07) is 1.84. The van der Waals surface area contributed by atoms with Gasteiger partial charge in [-0.25, -0.2) is 0 Å². The highest BCUT2D eigenvalue weighted by Crippen LogP contribution is 2.09. The van der Waals surface area contributed by atoms with Crippen LogP contribution in [0.4, 0.5) is 0 Å². The first-order valence-corrected chi connectivity index (χ1v) is 5.32. The van der Waals surface area contributed by atoms with Crippen LogP contribution in [0.15, 0.2) is 23.1 Å². The van der Waals surface area contributed by atoms with Crippen LogP contribution in [0.2, 0.25) is 0 Å². The summed E-state index contributed by atoms with van der Waals surface area (Å²) < 4.78 is 0. The maximum absolute atomic E-state index is 12.1. The van der Waals surface area contributed by atoms with Crippen LogP contribution in [0.25, 0.3) is 0 Å². The number of amides is 3. The molecule has 0 spiro atoms. The molecule has 1 aliphatic rings. The monoisotopic (exact) mass is 249 g/mol. The van der Waals surface area contributed by atoms with Crippen LogP contribution >= 0.6 is 0 Å². The van der Waals surface area contributed by atoms with E-state index in [2.05, 4.69) is 10.3 Å². The van der Waals surface area contributed by atoms with Crippen molar-refractivity contribution in [1.82, 2.24) is 15.2 Å². The molecule has 1 atom stereocenters. The smallest absolute Gasteiger partial charge is 0.256 e. The Balaban J connectivity index is 2.27. The van der Waals surface area contributed by atoms with E-state index in [0.29, 0.717) is 0 Å². The van der Waals surface area contributed by atoms with Gasteiger partial charge in [0.1, 0.15) is 12.6 Å². The van der Waals surface area contributed by atoms with Crippen molar-refractivity contribution in [3.05, 3.63) is 34.2 Å². The standard InChI is InChI=1S/C11H11N3O4/c1-6-10(17)13-9(16)5-14(6)11(18)7-2-3-8(15)12-4-7/h2-4,6H,5H2,1H3,(H,12,15)(H,13,16,17). The Bertz CT molecular complexity index is 557. The minimum Gasteiger partial charge on any atom is -0.328 e. The molecule has 7 nitrogen and oxygen atoms in total. The second kappa shape index (κ2) is 4.44. The summed E-state index contributed by atoms with van der Waals surface area (Å²) in [5.41, 5.74) is -0.101. The zero-order chi connectivity index (χ0) is 13.3. The number of carbonyl (C=O) groups is 3. The highest BCUT2D eigenvalue weighted by molar-refractivity contribution is 6.06. The van der Waals surface area contributed by atoms with Gasteiger partial charge in [0.15, 0.2) is 0 Å². The SMILES string of the molecule is CC1C(=O)NC(=O)CN1C(=O)c1ccc(=O)[nH]c1. The summed E-state index contributed by atoms with van der Waals surface area (Å²) in [7, 11) is 0. The third-order valence-electron chi connectivity index (χ3n) is 2.72. The van der Waals surface area contributed by atoms with Gasteiger partial charge < -0.3 is 9.88 Å². The van der Waals surface area contributed by atoms with Crippen LogP contribution in [-0.4, -0.2) is 40.2 Å². The second-order valence-electron chi connectivity index (χ2n) is 3.96. The Kier molecular flexibility index (Phi) is 2.97. The van der Waals surface area contributed by atoms with E-state index >= 15 is 0 Å². The number of nitrogens with one attached hydrogen (secondary N) is 2. The zero-order valence-corrected chi connectivity index (χ0v) is 9.60. The molecule has 1 aliphatic heterocycles. The Labute approximate surface area is 102 Å². The lowest BCUT2D eigenvalue weighted by molar-refractivity contribution is -0.138. The predicted octanol–water partition coefficient (Wildman–Crippen LogP) is -1.14. The quantitative estimate of drug-likeness (QED) is 0.614. The van der Waals surface area contributed by atoms with Crippen molar-refractivity contribution in [3.8, 4) is 0 Å². The summed E-state index contributed by atoms with van der Waals surface area (Å²) in [4.78, 5) is 49.2. The van der Waals surface area contributed by atoms with Gasteiger partial charge in [-0.2, -0.15) is 0 Å². The first-order valence-electron chi connectivity index (χ1n) is 5.32. The lowest BCUT2D eigenvalue weighted by Crippen LogP contribution is -2.58. The van der Waals surface area contributed by atoms with Crippen molar-refractivity contribution in [3.63, 3.8) is 0 Å². The topological polar surface area (TPSA) is 99.3 Å². The summed E-state index contributed by atoms with van der Waals surface area (Å²) in [5.74, 6) is -1.50. The fraction of sp³-hybridized carbons (Fsp3) is 0.273. The van der Waals surface area contributed by atoms with E-state index in [1.54, 1.807) is 0 Å². The van der Waals surface area contributed by atoms with Crippen LogP contribution in [0.3, 0.4) is 0 Å². The number of hydrogen-bond donors (Lipinski definition) is 2. The normalized spacial score (nSPS) is 19.6. The van der Waals surface area contributed by atoms with Gasteiger partial charge in [-0.1, -0.05) is 0 Å². The van der Waals surface area contributed by atoms with E-state index in [-0.39, 0.29) is 17.7 Å². The Morgan fingerprint density at radius 1 is 1.33 bits per heavy atom. The van der Waals surface area contributed by atoms with E-state index in [9.17, 15) is 19.2 Å². The molecule has 2 N–H and O–H groups in total. The lowest BCUT2D eigenvalue weighted by atomic mass is 10.1. The van der Waals surface area contributed by atoms with E-state index in [1.165, 1.54) is 25.3 Å². The number of piperazine rings is 1. The van der Waals surface area contributed by atoms with E-state index < -0.39 is 23.8 Å². The molecule has 3 amide bonds. The third-order valence-corrected chi connectivity index (χ3v) is 2.72. The molecule has 0 aromatic carbocycles. The van der Waals surface area contributed by atoms with Crippen molar-refractivity contribution in [1.29, 1.82) is 0 Å². The molecule has 1 saturated heterocycles. The molecule has 18 heavy (non-hydrogen) atoms. The van der Waals surface area contributed by atoms with Crippen molar-refractivity contribution in [2.75, 3.05) is 6.54 Å². The van der Waals surface area contributed by atoms with Crippen LogP contribution in [0.5, 0.6) is 0 Å². The maximum Gasteiger partial charge on any atom is 0.256 e. The number of pyridine rings is 1. The summed E-state index contributed by atoms with van der Waals surface area (Å²) in [6.45, 7) is 1.36. The van der Waals surface area contributed by atoms with Crippen LogP contribution in [0, 0.1) is 0 Å². The molecule has 0 bridgehead atoms. The highest BCUT2D eigenvalue weighted by atomic mass is 16.2. The number of hydrogen-bond acceptors (Lipinski definition) is 4. The molecule has 0 saturated carbocycles. The molecule has 1 aromatic rings. The van der Waals surface area contributed by atoms with Crippen molar-refractivity contribution >= 4 is 17.7 Å². The number of rotatable bonds is 1. The van der Waals surface area contributed by atoms with Gasteiger partial charge in [0.25, 0.3) is 5.91 Å². The van der Waals surface area contributed by atoms with Gasteiger partial charge in [-0.3, -0.25) is 24.5 Å². The van der Waals surface area contributed by atoms with Gasteiger partial charge in [0, 0.05) is 12.3 Å². The number of nitrogens with zero attached hydrogens (tertiary/aromatic N) is 1. The average Bonchev–Trinajstić information content (AvgIpc) is 2.34. The molecule has 2 rings (SSSR count). The van der Waals surface area contributed by atoms with Crippen molar-refractivity contribution in [2.45, 2.75) is 13.0 Å². The Morgan fingerprint density at radius 2 is 2.06 bits per heavy atom. The summed E-state index contributed by atoms with van der Waals surface area (Å²) in [5, 5.41) is 2.14. The first-order chi connectivity index (χ1) is 8.49. The number of aromatic nitrogens is 1. The van der Waals surface area contributed by atoms with Crippen LogP contribution in [-0.2, 0) is 9.59 Å². The fourth-order valence-electron chi connectivity index (χ4n) is 1.67. The Hall–Kier alpha value is -2.44. The maximum atomic E-state index is 12.1. The van der Waals surface area contributed by atoms with Gasteiger partial charge in [0.05, 0.1) is 5.56 Å². The molecule has 7 heteroatoms. The van der Waals surface area contributed by atoms with E-state index in [1.807, 2.05) is 0 Å². The molecule has 94 valence electrons. The lowest BCUT2D eigenvalue weighted by Gasteiger charge is -2.31. The molecule has 2 heterocycles. The van der Waals surface area contributed by atoms with Crippen LogP contribution in [0.1, 0.15) is 17.3 Å². The number of aromatic amines is 1. The molecule has 0 aliphatic carbocycles. The van der Waals surface area contributed by atoms with Gasteiger partial charge >= 0.3 is 0 Å². The molecule has 1 fully saturated rings. The molecule has 1 unspecified atom stereocenters. The van der Waals surface area contributed by atoms with Gasteiger partial charge in [-0.15, -0.1) is 0 Å². The first kappa shape index (κ1) is 12.0. The predicted molar refractivity (Wildman–Crippen MR) is 60.7 cm³/mol. The summed E-state index contributed by atoms with van der Waals surface area (Å²) in [6.07, 6.45) is 1.26. The van der Waals surface area contributed by atoms with Gasteiger partial charge in [-0.05, 0) is 13.0 Å². The summed E-state index contributed by atoms with van der Waals surface area (Å²) >= 11 is 0. The molecular formula is C11H11N3O4. The third kappa shape index (κ3) is 2.15. The molecule has 0 radical (unpaired) electrons. The highest BCUT2D eigenvalue weighted by Gasteiger charge is 2.33. The van der Waals surface area contributed by atoms with Gasteiger partial charge in [0.2, 0.25) is 17.4 Å². The van der Waals surface area contributed by atoms with Crippen molar-refractivity contribution in [2.24, 2.45) is 0 Å². The van der Waals surface area contributed by atoms with Crippen LogP contribution < -0.4 is 10.9 Å². The van der Waals surface area contributed by atoms with E-state index in [0.717, 1.165) is 4.90 Å². The number of H-pyrrole nitrogens is 1. The largest absolute Gasteiger partial charge is 0.328 e. The number of imide groups is 1. The minimum absolute atomic E-state index is 0.176. The average molecular weight is 249 g/mol.